The predicted octanol–water partition coefficient (Wildman–Crippen LogP) is 3.69. The number of nitrogens with one attached hydrogen (secondary N) is 1. The number of likely N-dealkylation sites (tertiary alicyclic amines) is 1. The van der Waals surface area contributed by atoms with Crippen LogP contribution in [-0.2, 0) is 18.0 Å². The molecule has 2 heterocycles. The molecule has 1 aromatic heterocycles. The first-order valence-corrected chi connectivity index (χ1v) is 11.4. The molecule has 0 saturated carbocycles. The molecule has 1 saturated heterocycles. The van der Waals surface area contributed by atoms with Crippen molar-refractivity contribution in [2.45, 2.75) is 25.1 Å². The number of nitrogens with two attached hydrogens (primary N) is 1. The van der Waals surface area contributed by atoms with Gasteiger partial charge in [-0.1, -0.05) is 0 Å². The molecule has 1 fully saturated rings. The van der Waals surface area contributed by atoms with Gasteiger partial charge in [-0.2, -0.15) is 18.3 Å². The summed E-state index contributed by atoms with van der Waals surface area (Å²) in [6, 6.07) is 10.6. The fourth-order valence-electron chi connectivity index (χ4n) is 4.27. The van der Waals surface area contributed by atoms with Crippen LogP contribution in [0.15, 0.2) is 54.7 Å². The molecular formula is C25H26F3N5O3. The maximum Gasteiger partial charge on any atom is 0.416 e. The Bertz CT molecular complexity index is 1240. The summed E-state index contributed by atoms with van der Waals surface area (Å²) < 4.78 is 46.1. The fraction of sp³-hybridized carbons (Fsp3) is 0.320. The molecule has 0 spiro atoms. The van der Waals surface area contributed by atoms with Crippen molar-refractivity contribution in [1.82, 2.24) is 14.7 Å². The molecule has 0 bridgehead atoms. The highest BCUT2D eigenvalue weighted by molar-refractivity contribution is 6.04. The van der Waals surface area contributed by atoms with E-state index in [2.05, 4.69) is 10.4 Å². The minimum absolute atomic E-state index is 0.0972. The highest BCUT2D eigenvalue weighted by Gasteiger charge is 2.30. The Morgan fingerprint density at radius 3 is 2.56 bits per heavy atom. The van der Waals surface area contributed by atoms with Gasteiger partial charge in [0, 0.05) is 36.6 Å². The lowest BCUT2D eigenvalue weighted by Gasteiger charge is -2.22. The molecular weight excluding hydrogens is 475 g/mol. The molecule has 0 aliphatic carbocycles. The Morgan fingerprint density at radius 2 is 1.92 bits per heavy atom. The second-order valence-electron chi connectivity index (χ2n) is 8.53. The smallest absolute Gasteiger partial charge is 0.416 e. The van der Waals surface area contributed by atoms with E-state index >= 15 is 0 Å². The molecule has 0 radical (unpaired) electrons. The number of ether oxygens (including phenoxy) is 1. The van der Waals surface area contributed by atoms with Gasteiger partial charge in [0.15, 0.2) is 0 Å². The normalized spacial score (nSPS) is 16.2. The van der Waals surface area contributed by atoms with Gasteiger partial charge in [-0.25, -0.2) is 0 Å². The summed E-state index contributed by atoms with van der Waals surface area (Å²) in [5, 5.41) is 6.91. The lowest BCUT2D eigenvalue weighted by molar-refractivity contribution is -0.137. The van der Waals surface area contributed by atoms with E-state index in [9.17, 15) is 22.8 Å². The molecule has 1 aliphatic heterocycles. The summed E-state index contributed by atoms with van der Waals surface area (Å²) in [5.74, 6) is -0.322. The van der Waals surface area contributed by atoms with Crippen LogP contribution in [0, 0.1) is 0 Å². The summed E-state index contributed by atoms with van der Waals surface area (Å²) in [5.41, 5.74) is 6.62. The number of rotatable bonds is 8. The minimum Gasteiger partial charge on any atom is -0.492 e. The first-order chi connectivity index (χ1) is 17.1. The number of amides is 2. The van der Waals surface area contributed by atoms with E-state index in [1.165, 1.54) is 0 Å². The van der Waals surface area contributed by atoms with Crippen LogP contribution in [-0.4, -0.2) is 52.2 Å². The van der Waals surface area contributed by atoms with Gasteiger partial charge in [0.2, 0.25) is 5.91 Å². The van der Waals surface area contributed by atoms with Crippen LogP contribution < -0.4 is 15.8 Å². The third-order valence-electron chi connectivity index (χ3n) is 6.14. The predicted molar refractivity (Wildman–Crippen MR) is 127 cm³/mol. The average molecular weight is 502 g/mol. The summed E-state index contributed by atoms with van der Waals surface area (Å²) in [4.78, 5) is 26.3. The zero-order valence-electron chi connectivity index (χ0n) is 19.6. The van der Waals surface area contributed by atoms with Gasteiger partial charge in [-0.15, -0.1) is 0 Å². The molecule has 8 nitrogen and oxygen atoms in total. The standard InChI is InChI=1S/C25H26F3N5O3/c1-32-20(10-11-30-32)19-15-18(31-24(35)16-4-6-17(7-5-16)25(26,27)28)8-9-22(19)36-14-13-33-12-2-3-21(33)23(29)34/h4-11,15,21H,2-3,12-14H2,1H3,(H2,29,34)(H,31,35). The zero-order chi connectivity index (χ0) is 25.9. The lowest BCUT2D eigenvalue weighted by Crippen LogP contribution is -2.42. The van der Waals surface area contributed by atoms with Gasteiger partial charge in [0.25, 0.3) is 5.91 Å². The topological polar surface area (TPSA) is 102 Å². The first-order valence-electron chi connectivity index (χ1n) is 11.4. The maximum absolute atomic E-state index is 12.8. The van der Waals surface area contributed by atoms with Crippen molar-refractivity contribution in [1.29, 1.82) is 0 Å². The second kappa shape index (κ2) is 10.4. The monoisotopic (exact) mass is 501 g/mol. The average Bonchev–Trinajstić information content (AvgIpc) is 3.48. The van der Waals surface area contributed by atoms with Crippen LogP contribution in [0.5, 0.6) is 5.75 Å². The van der Waals surface area contributed by atoms with Gasteiger partial charge in [-0.05, 0) is 67.9 Å². The number of carbonyl (C=O) groups excluding carboxylic acids is 2. The fourth-order valence-corrected chi connectivity index (χ4v) is 4.27. The number of aryl methyl sites for hydroxylation is 1. The molecule has 1 aliphatic rings. The van der Waals surface area contributed by atoms with Crippen molar-refractivity contribution in [2.75, 3.05) is 25.0 Å². The molecule has 4 rings (SSSR count). The van der Waals surface area contributed by atoms with E-state index in [1.807, 2.05) is 4.90 Å². The molecule has 1 atom stereocenters. The largest absolute Gasteiger partial charge is 0.492 e. The Balaban J connectivity index is 1.50. The van der Waals surface area contributed by atoms with E-state index in [1.54, 1.807) is 42.2 Å². The number of hydrogen-bond acceptors (Lipinski definition) is 5. The Labute approximate surface area is 205 Å². The molecule has 3 aromatic rings. The van der Waals surface area contributed by atoms with Crippen LogP contribution in [0.4, 0.5) is 18.9 Å². The zero-order valence-corrected chi connectivity index (χ0v) is 19.6. The van der Waals surface area contributed by atoms with Gasteiger partial charge in [0.05, 0.1) is 17.3 Å². The summed E-state index contributed by atoms with van der Waals surface area (Å²) in [6.07, 6.45) is -1.20. The molecule has 36 heavy (non-hydrogen) atoms. The number of aromatic nitrogens is 2. The third-order valence-corrected chi connectivity index (χ3v) is 6.14. The molecule has 2 amide bonds. The number of primary amides is 1. The van der Waals surface area contributed by atoms with E-state index < -0.39 is 17.6 Å². The second-order valence-corrected chi connectivity index (χ2v) is 8.53. The Hall–Kier alpha value is -3.86. The van der Waals surface area contributed by atoms with Gasteiger partial charge >= 0.3 is 6.18 Å². The minimum atomic E-state index is -4.47. The third kappa shape index (κ3) is 5.68. The van der Waals surface area contributed by atoms with Crippen LogP contribution in [0.2, 0.25) is 0 Å². The lowest BCUT2D eigenvalue weighted by atomic mass is 10.1. The summed E-state index contributed by atoms with van der Waals surface area (Å²) in [6.45, 7) is 1.64. The Kier molecular flexibility index (Phi) is 7.30. The van der Waals surface area contributed by atoms with E-state index in [-0.39, 0.29) is 17.5 Å². The van der Waals surface area contributed by atoms with Crippen LogP contribution in [0.3, 0.4) is 0 Å². The number of carbonyl (C=O) groups is 2. The van der Waals surface area contributed by atoms with Crippen molar-refractivity contribution in [3.05, 3.63) is 65.9 Å². The van der Waals surface area contributed by atoms with Crippen molar-refractivity contribution in [2.24, 2.45) is 12.8 Å². The SMILES string of the molecule is Cn1nccc1-c1cc(NC(=O)c2ccc(C(F)(F)F)cc2)ccc1OCCN1CCCC1C(N)=O. The molecule has 2 aromatic carbocycles. The number of halogens is 3. The molecule has 1 unspecified atom stereocenters. The van der Waals surface area contributed by atoms with Crippen LogP contribution in [0.1, 0.15) is 28.8 Å². The van der Waals surface area contributed by atoms with Crippen LogP contribution >= 0.6 is 0 Å². The van der Waals surface area contributed by atoms with Crippen molar-refractivity contribution in [3.8, 4) is 17.0 Å². The first kappa shape index (κ1) is 25.2. The van der Waals surface area contributed by atoms with Crippen molar-refractivity contribution < 1.29 is 27.5 Å². The number of hydrogen-bond donors (Lipinski definition) is 2. The van der Waals surface area contributed by atoms with Crippen molar-refractivity contribution >= 4 is 17.5 Å². The number of alkyl halides is 3. The van der Waals surface area contributed by atoms with E-state index in [4.69, 9.17) is 10.5 Å². The highest BCUT2D eigenvalue weighted by Crippen LogP contribution is 2.33. The van der Waals surface area contributed by atoms with E-state index in [0.29, 0.717) is 30.2 Å². The molecule has 190 valence electrons. The van der Waals surface area contributed by atoms with Crippen LogP contribution in [0.25, 0.3) is 11.3 Å². The summed E-state index contributed by atoms with van der Waals surface area (Å²) >= 11 is 0. The maximum atomic E-state index is 12.8. The number of anilines is 1. The van der Waals surface area contributed by atoms with Gasteiger partial charge in [-0.3, -0.25) is 19.2 Å². The highest BCUT2D eigenvalue weighted by atomic mass is 19.4. The quantitative estimate of drug-likeness (QED) is 0.490. The van der Waals surface area contributed by atoms with E-state index in [0.717, 1.165) is 49.3 Å². The number of benzene rings is 2. The van der Waals surface area contributed by atoms with Gasteiger partial charge in [0.1, 0.15) is 12.4 Å². The van der Waals surface area contributed by atoms with Crippen molar-refractivity contribution in [3.63, 3.8) is 0 Å². The molecule has 11 heteroatoms. The summed E-state index contributed by atoms with van der Waals surface area (Å²) in [7, 11) is 1.77. The van der Waals surface area contributed by atoms with Gasteiger partial charge < -0.3 is 15.8 Å². The Morgan fingerprint density at radius 1 is 1.17 bits per heavy atom. The molecule has 3 N–H and O–H groups in total. The number of nitrogens with zero attached hydrogens (tertiary/aromatic N) is 3.